The zero-order chi connectivity index (χ0) is 25.8. The van der Waals surface area contributed by atoms with Gasteiger partial charge in [-0.1, -0.05) is 24.3 Å². The minimum absolute atomic E-state index is 0.331. The van der Waals surface area contributed by atoms with Gasteiger partial charge in [0.05, 0.1) is 32.6 Å². The summed E-state index contributed by atoms with van der Waals surface area (Å²) in [5, 5.41) is 6.37. The van der Waals surface area contributed by atoms with E-state index in [2.05, 4.69) is 21.6 Å². The Bertz CT molecular complexity index is 1390. The summed E-state index contributed by atoms with van der Waals surface area (Å²) in [5.74, 6) is 1.34. The Balaban J connectivity index is 1.45. The van der Waals surface area contributed by atoms with Crippen LogP contribution < -0.4 is 24.8 Å². The number of benzene rings is 3. The van der Waals surface area contributed by atoms with Crippen molar-refractivity contribution in [3.8, 4) is 28.7 Å². The van der Waals surface area contributed by atoms with Gasteiger partial charge in [-0.2, -0.15) is 0 Å². The number of nitrogens with one attached hydrogen (secondary N) is 2. The fourth-order valence-corrected chi connectivity index (χ4v) is 4.54. The molecule has 4 aromatic rings. The van der Waals surface area contributed by atoms with Crippen LogP contribution in [-0.4, -0.2) is 63.3 Å². The number of carbonyl (C=O) groups excluding carboxylic acids is 1. The standard InChI is InChI=1S/C28H30N4O5/c1-34-23-15-19(16-24(35-2)26(23)36-3)27(33)30-21-9-5-4-8-20(21)28-31-25-18(7-6-10-22(25)37-28)17-32-13-11-29-12-14-32/h4-10,15-16,29H,11-14,17H2,1-3H3,(H,30,33). The van der Waals surface area contributed by atoms with E-state index in [4.69, 9.17) is 23.6 Å². The van der Waals surface area contributed by atoms with Gasteiger partial charge in [-0.25, -0.2) is 4.98 Å². The third-order valence-electron chi connectivity index (χ3n) is 6.44. The summed E-state index contributed by atoms with van der Waals surface area (Å²) in [6, 6.07) is 16.7. The number of aromatic nitrogens is 1. The molecule has 0 saturated carbocycles. The molecule has 0 atom stereocenters. The molecule has 1 saturated heterocycles. The highest BCUT2D eigenvalue weighted by atomic mass is 16.5. The van der Waals surface area contributed by atoms with E-state index >= 15 is 0 Å². The number of amides is 1. The van der Waals surface area contributed by atoms with Crippen molar-refractivity contribution in [2.24, 2.45) is 0 Å². The van der Waals surface area contributed by atoms with E-state index in [1.165, 1.54) is 21.3 Å². The van der Waals surface area contributed by atoms with Crippen LogP contribution >= 0.6 is 0 Å². The zero-order valence-corrected chi connectivity index (χ0v) is 21.2. The van der Waals surface area contributed by atoms with Crippen LogP contribution in [0.2, 0.25) is 0 Å². The molecule has 192 valence electrons. The summed E-state index contributed by atoms with van der Waals surface area (Å²) in [5.41, 5.74) is 4.30. The van der Waals surface area contributed by atoms with Gasteiger partial charge in [-0.15, -0.1) is 0 Å². The van der Waals surface area contributed by atoms with Gasteiger partial charge in [-0.05, 0) is 35.9 Å². The highest BCUT2D eigenvalue weighted by Gasteiger charge is 2.20. The van der Waals surface area contributed by atoms with E-state index in [1.807, 2.05) is 36.4 Å². The van der Waals surface area contributed by atoms with Gasteiger partial charge in [0.25, 0.3) is 5.91 Å². The maximum absolute atomic E-state index is 13.3. The lowest BCUT2D eigenvalue weighted by molar-refractivity contribution is 0.102. The van der Waals surface area contributed by atoms with Crippen molar-refractivity contribution in [3.63, 3.8) is 0 Å². The van der Waals surface area contributed by atoms with Crippen LogP contribution in [0.25, 0.3) is 22.6 Å². The van der Waals surface area contributed by atoms with E-state index in [0.29, 0.717) is 45.5 Å². The van der Waals surface area contributed by atoms with Crippen LogP contribution in [0.15, 0.2) is 59.0 Å². The van der Waals surface area contributed by atoms with Crippen LogP contribution in [0.3, 0.4) is 0 Å². The first-order valence-corrected chi connectivity index (χ1v) is 12.1. The summed E-state index contributed by atoms with van der Waals surface area (Å²) in [4.78, 5) is 20.5. The molecule has 1 aliphatic rings. The predicted molar refractivity (Wildman–Crippen MR) is 142 cm³/mol. The Morgan fingerprint density at radius 1 is 1.00 bits per heavy atom. The van der Waals surface area contributed by atoms with Crippen LogP contribution in [0, 0.1) is 0 Å². The molecule has 9 nitrogen and oxygen atoms in total. The maximum Gasteiger partial charge on any atom is 0.255 e. The lowest BCUT2D eigenvalue weighted by Crippen LogP contribution is -2.42. The second-order valence-electron chi connectivity index (χ2n) is 8.72. The second kappa shape index (κ2) is 10.9. The normalized spacial score (nSPS) is 13.9. The van der Waals surface area contributed by atoms with E-state index in [-0.39, 0.29) is 5.91 Å². The quantitative estimate of drug-likeness (QED) is 0.370. The highest BCUT2D eigenvalue weighted by Crippen LogP contribution is 2.39. The van der Waals surface area contributed by atoms with Crippen molar-refractivity contribution in [1.82, 2.24) is 15.2 Å². The fourth-order valence-electron chi connectivity index (χ4n) is 4.54. The van der Waals surface area contributed by atoms with Crippen molar-refractivity contribution in [3.05, 3.63) is 65.7 Å². The van der Waals surface area contributed by atoms with Gasteiger partial charge in [0, 0.05) is 38.3 Å². The van der Waals surface area contributed by atoms with Crippen molar-refractivity contribution < 1.29 is 23.4 Å². The molecule has 2 N–H and O–H groups in total. The van der Waals surface area contributed by atoms with Crippen LogP contribution in [-0.2, 0) is 6.54 Å². The Morgan fingerprint density at radius 3 is 2.43 bits per heavy atom. The number of rotatable bonds is 8. The number of carbonyl (C=O) groups is 1. The molecule has 5 rings (SSSR count). The van der Waals surface area contributed by atoms with E-state index in [0.717, 1.165) is 43.8 Å². The predicted octanol–water partition coefficient (Wildman–Crippen LogP) is 4.18. The van der Waals surface area contributed by atoms with Crippen LogP contribution in [0.4, 0.5) is 5.69 Å². The Kier molecular flexibility index (Phi) is 7.25. The zero-order valence-electron chi connectivity index (χ0n) is 21.2. The lowest BCUT2D eigenvalue weighted by atomic mass is 10.1. The summed E-state index contributed by atoms with van der Waals surface area (Å²) in [6.45, 7) is 4.77. The Hall–Kier alpha value is -4.08. The maximum atomic E-state index is 13.3. The molecular formula is C28H30N4O5. The monoisotopic (exact) mass is 502 g/mol. The SMILES string of the molecule is COc1cc(C(=O)Nc2ccccc2-c2nc3c(CN4CCNCC4)cccc3o2)cc(OC)c1OC. The topological polar surface area (TPSA) is 98.1 Å². The van der Waals surface area contributed by atoms with Gasteiger partial charge < -0.3 is 29.3 Å². The van der Waals surface area contributed by atoms with Crippen LogP contribution in [0.1, 0.15) is 15.9 Å². The third kappa shape index (κ3) is 5.09. The molecule has 3 aromatic carbocycles. The number of para-hydroxylation sites is 2. The number of methoxy groups -OCH3 is 3. The number of piperazine rings is 1. The first-order chi connectivity index (χ1) is 18.1. The van der Waals surface area contributed by atoms with Gasteiger partial charge in [0.2, 0.25) is 11.6 Å². The van der Waals surface area contributed by atoms with Gasteiger partial charge in [0.1, 0.15) is 5.52 Å². The van der Waals surface area contributed by atoms with Gasteiger partial charge in [0.15, 0.2) is 17.1 Å². The first kappa shape index (κ1) is 24.6. The molecule has 0 aliphatic carbocycles. The minimum atomic E-state index is -0.331. The summed E-state index contributed by atoms with van der Waals surface area (Å²) < 4.78 is 22.3. The molecule has 9 heteroatoms. The molecule has 1 aromatic heterocycles. The number of ether oxygens (including phenoxy) is 3. The van der Waals surface area contributed by atoms with Crippen molar-refractivity contribution in [2.75, 3.05) is 52.8 Å². The molecule has 1 aliphatic heterocycles. The number of fused-ring (bicyclic) bond motifs is 1. The van der Waals surface area contributed by atoms with E-state index in [9.17, 15) is 4.79 Å². The molecule has 0 bridgehead atoms. The number of anilines is 1. The third-order valence-corrected chi connectivity index (χ3v) is 6.44. The van der Waals surface area contributed by atoms with Gasteiger partial charge >= 0.3 is 0 Å². The largest absolute Gasteiger partial charge is 0.493 e. The molecule has 1 amide bonds. The average molecular weight is 503 g/mol. The smallest absolute Gasteiger partial charge is 0.255 e. The van der Waals surface area contributed by atoms with Crippen molar-refractivity contribution in [2.45, 2.75) is 6.54 Å². The average Bonchev–Trinajstić information content (AvgIpc) is 3.38. The Morgan fingerprint density at radius 2 is 1.73 bits per heavy atom. The summed E-state index contributed by atoms with van der Waals surface area (Å²) in [6.07, 6.45) is 0. The molecule has 0 radical (unpaired) electrons. The van der Waals surface area contributed by atoms with E-state index < -0.39 is 0 Å². The van der Waals surface area contributed by atoms with Crippen molar-refractivity contribution in [1.29, 1.82) is 0 Å². The van der Waals surface area contributed by atoms with Crippen LogP contribution in [0.5, 0.6) is 17.2 Å². The summed E-state index contributed by atoms with van der Waals surface area (Å²) in [7, 11) is 4.54. The van der Waals surface area contributed by atoms with Crippen molar-refractivity contribution >= 4 is 22.7 Å². The van der Waals surface area contributed by atoms with Gasteiger partial charge in [-0.3, -0.25) is 9.69 Å². The molecule has 37 heavy (non-hydrogen) atoms. The number of nitrogens with zero attached hydrogens (tertiary/aromatic N) is 2. The molecule has 0 unspecified atom stereocenters. The molecule has 2 heterocycles. The highest BCUT2D eigenvalue weighted by molar-refractivity contribution is 6.06. The molecule has 1 fully saturated rings. The minimum Gasteiger partial charge on any atom is -0.493 e. The number of hydrogen-bond acceptors (Lipinski definition) is 8. The summed E-state index contributed by atoms with van der Waals surface area (Å²) >= 11 is 0. The molecule has 0 spiro atoms. The number of hydrogen-bond donors (Lipinski definition) is 2. The fraction of sp³-hybridized carbons (Fsp3) is 0.286. The second-order valence-corrected chi connectivity index (χ2v) is 8.72. The van der Waals surface area contributed by atoms with E-state index in [1.54, 1.807) is 12.1 Å². The first-order valence-electron chi connectivity index (χ1n) is 12.1. The molecular weight excluding hydrogens is 472 g/mol. The lowest BCUT2D eigenvalue weighted by Gasteiger charge is -2.27. The number of oxazole rings is 1. The Labute approximate surface area is 215 Å².